The average Bonchev–Trinajstić information content (AvgIpc) is 2.95. The highest BCUT2D eigenvalue weighted by molar-refractivity contribution is 6.31. The molecule has 2 atom stereocenters. The van der Waals surface area contributed by atoms with E-state index in [0.29, 0.717) is 34.4 Å². The lowest BCUT2D eigenvalue weighted by Gasteiger charge is -2.29. The van der Waals surface area contributed by atoms with E-state index in [2.05, 4.69) is 0 Å². The highest BCUT2D eigenvalue weighted by Gasteiger charge is 2.52. The molecule has 0 radical (unpaired) electrons. The third kappa shape index (κ3) is 3.29. The number of carbonyl (C=O) groups excluding carboxylic acids is 1. The van der Waals surface area contributed by atoms with Gasteiger partial charge in [0.1, 0.15) is 0 Å². The summed E-state index contributed by atoms with van der Waals surface area (Å²) in [5, 5.41) is 10.4. The first kappa shape index (κ1) is 22.4. The van der Waals surface area contributed by atoms with E-state index in [9.17, 15) is 23.1 Å². The second kappa shape index (κ2) is 7.36. The Labute approximate surface area is 189 Å². The molecule has 7 heteroatoms. The normalized spacial score (nSPS) is 20.2. The van der Waals surface area contributed by atoms with Gasteiger partial charge in [-0.15, -0.1) is 0 Å². The fraction of sp³-hybridized carbons (Fsp3) is 0.240. The third-order valence-electron chi connectivity index (χ3n) is 6.21. The van der Waals surface area contributed by atoms with Crippen LogP contribution in [0.4, 0.5) is 24.5 Å². The van der Waals surface area contributed by atoms with Crippen molar-refractivity contribution in [3.63, 3.8) is 0 Å². The second-order valence-electron chi connectivity index (χ2n) is 8.41. The van der Waals surface area contributed by atoms with E-state index in [1.54, 1.807) is 30.0 Å². The average molecular weight is 460 g/mol. The first-order valence-corrected chi connectivity index (χ1v) is 10.4. The lowest BCUT2D eigenvalue weighted by molar-refractivity contribution is -0.258. The number of hydrogen-bond acceptors (Lipinski definition) is 2. The van der Waals surface area contributed by atoms with Crippen LogP contribution in [0, 0.1) is 6.92 Å². The summed E-state index contributed by atoms with van der Waals surface area (Å²) in [7, 11) is 0. The predicted octanol–water partition coefficient (Wildman–Crippen LogP) is 6.40. The first-order chi connectivity index (χ1) is 14.9. The third-order valence-corrected chi connectivity index (χ3v) is 6.44. The molecule has 0 spiro atoms. The predicted molar refractivity (Wildman–Crippen MR) is 118 cm³/mol. The lowest BCUT2D eigenvalue weighted by atomic mass is 9.76. The lowest BCUT2D eigenvalue weighted by Crippen LogP contribution is -2.39. The van der Waals surface area contributed by atoms with Crippen LogP contribution in [0.5, 0.6) is 0 Å². The molecule has 0 aromatic heterocycles. The minimum Gasteiger partial charge on any atom is -0.376 e. The van der Waals surface area contributed by atoms with Gasteiger partial charge in [0.2, 0.25) is 5.91 Å². The van der Waals surface area contributed by atoms with Gasteiger partial charge in [-0.2, -0.15) is 13.2 Å². The highest BCUT2D eigenvalue weighted by Crippen LogP contribution is 2.50. The van der Waals surface area contributed by atoms with Gasteiger partial charge in [-0.05, 0) is 73.4 Å². The van der Waals surface area contributed by atoms with Crippen molar-refractivity contribution in [3.05, 3.63) is 94.0 Å². The molecule has 0 saturated heterocycles. The monoisotopic (exact) mass is 459 g/mol. The van der Waals surface area contributed by atoms with Crippen LogP contribution in [0.1, 0.15) is 36.1 Å². The summed E-state index contributed by atoms with van der Waals surface area (Å²) >= 11 is 6.25. The molecule has 3 aromatic rings. The van der Waals surface area contributed by atoms with E-state index in [1.807, 2.05) is 31.2 Å². The molecule has 1 N–H and O–H groups in total. The number of alkyl halides is 3. The Morgan fingerprint density at radius 2 is 1.66 bits per heavy atom. The molecule has 4 rings (SSSR count). The number of aryl methyl sites for hydroxylation is 1. The summed E-state index contributed by atoms with van der Waals surface area (Å²) in [5.41, 5.74) is -0.969. The number of aliphatic hydroxyl groups is 1. The van der Waals surface area contributed by atoms with E-state index >= 15 is 0 Å². The summed E-state index contributed by atoms with van der Waals surface area (Å²) in [6, 6.07) is 18.0. The van der Waals surface area contributed by atoms with Gasteiger partial charge in [0.25, 0.3) is 0 Å². The number of benzene rings is 3. The van der Waals surface area contributed by atoms with Crippen molar-refractivity contribution in [2.75, 3.05) is 4.90 Å². The van der Waals surface area contributed by atoms with Crippen molar-refractivity contribution in [1.82, 2.24) is 0 Å². The Kier molecular flexibility index (Phi) is 5.14. The van der Waals surface area contributed by atoms with Gasteiger partial charge in [-0.1, -0.05) is 48.0 Å². The van der Waals surface area contributed by atoms with Crippen LogP contribution in [0.3, 0.4) is 0 Å². The molecule has 2 unspecified atom stereocenters. The highest BCUT2D eigenvalue weighted by atomic mass is 35.5. The zero-order chi connectivity index (χ0) is 23.5. The molecular formula is C25H21ClF3NO2. The van der Waals surface area contributed by atoms with Gasteiger partial charge in [0, 0.05) is 10.7 Å². The summed E-state index contributed by atoms with van der Waals surface area (Å²) in [6.45, 7) is 4.37. The maximum Gasteiger partial charge on any atom is 0.421 e. The molecule has 0 bridgehead atoms. The molecule has 0 fully saturated rings. The van der Waals surface area contributed by atoms with Crippen LogP contribution in [-0.2, 0) is 15.8 Å². The van der Waals surface area contributed by atoms with Gasteiger partial charge in [0.15, 0.2) is 5.60 Å². The Morgan fingerprint density at radius 1 is 1.00 bits per heavy atom. The summed E-state index contributed by atoms with van der Waals surface area (Å²) in [5.74, 6) is -0.240. The van der Waals surface area contributed by atoms with Crippen molar-refractivity contribution in [2.45, 2.75) is 38.0 Å². The first-order valence-electron chi connectivity index (χ1n) is 9.99. The van der Waals surface area contributed by atoms with Gasteiger partial charge in [0.05, 0.1) is 11.1 Å². The van der Waals surface area contributed by atoms with Gasteiger partial charge < -0.3 is 5.11 Å². The Morgan fingerprint density at radius 3 is 2.25 bits per heavy atom. The number of amides is 1. The number of carbonyl (C=O) groups is 1. The largest absolute Gasteiger partial charge is 0.421 e. The van der Waals surface area contributed by atoms with E-state index in [-0.39, 0.29) is 11.5 Å². The van der Waals surface area contributed by atoms with Crippen LogP contribution >= 0.6 is 11.6 Å². The molecule has 1 heterocycles. The van der Waals surface area contributed by atoms with E-state index < -0.39 is 17.2 Å². The molecule has 1 aliphatic rings. The minimum atomic E-state index is -4.83. The van der Waals surface area contributed by atoms with Crippen LogP contribution < -0.4 is 4.90 Å². The van der Waals surface area contributed by atoms with Crippen molar-refractivity contribution in [3.8, 4) is 0 Å². The molecule has 3 aromatic carbocycles. The topological polar surface area (TPSA) is 40.5 Å². The quantitative estimate of drug-likeness (QED) is 0.492. The van der Waals surface area contributed by atoms with Crippen LogP contribution in [0.2, 0.25) is 5.02 Å². The van der Waals surface area contributed by atoms with Gasteiger partial charge in [-0.3, -0.25) is 9.69 Å². The maximum absolute atomic E-state index is 13.8. The van der Waals surface area contributed by atoms with Crippen molar-refractivity contribution >= 4 is 28.9 Å². The van der Waals surface area contributed by atoms with Crippen molar-refractivity contribution in [2.24, 2.45) is 0 Å². The molecule has 1 amide bonds. The van der Waals surface area contributed by atoms with E-state index in [0.717, 1.165) is 5.56 Å². The summed E-state index contributed by atoms with van der Waals surface area (Å²) in [6.07, 6.45) is -4.83. The summed E-state index contributed by atoms with van der Waals surface area (Å²) < 4.78 is 39.7. The second-order valence-corrected chi connectivity index (χ2v) is 8.85. The zero-order valence-electron chi connectivity index (χ0n) is 17.7. The molecule has 32 heavy (non-hydrogen) atoms. The van der Waals surface area contributed by atoms with Crippen molar-refractivity contribution < 1.29 is 23.1 Å². The van der Waals surface area contributed by atoms with Crippen LogP contribution in [-0.4, -0.2) is 17.2 Å². The summed E-state index contributed by atoms with van der Waals surface area (Å²) in [4.78, 5) is 15.4. The number of nitrogens with zero attached hydrogens (tertiary/aromatic N) is 1. The fourth-order valence-corrected chi connectivity index (χ4v) is 4.32. The standard InChI is InChI=1S/C25H21ClF3NO2/c1-15-5-4-6-19(13-15)30-21-12-11-18(26)14-20(21)23(2,22(30)31)16-7-9-17(10-8-16)24(3,32)25(27,28)29/h4-14,32H,1-3H3. The Bertz CT molecular complexity index is 1200. The Balaban J connectivity index is 1.86. The Hall–Kier alpha value is -2.83. The zero-order valence-corrected chi connectivity index (χ0v) is 18.4. The number of hydrogen-bond donors (Lipinski definition) is 1. The van der Waals surface area contributed by atoms with Crippen molar-refractivity contribution in [1.29, 1.82) is 0 Å². The smallest absolute Gasteiger partial charge is 0.376 e. The molecule has 3 nitrogen and oxygen atoms in total. The minimum absolute atomic E-state index is 0.240. The number of halogens is 4. The SMILES string of the molecule is Cc1cccc(N2C(=O)C(C)(c3ccc(C(C)(O)C(F)(F)F)cc3)c3cc(Cl)ccc32)c1. The van der Waals surface area contributed by atoms with E-state index in [1.165, 1.54) is 24.3 Å². The molecule has 0 saturated carbocycles. The molecule has 0 aliphatic carbocycles. The molecular weight excluding hydrogens is 439 g/mol. The van der Waals surface area contributed by atoms with E-state index in [4.69, 9.17) is 11.6 Å². The van der Waals surface area contributed by atoms with Gasteiger partial charge >= 0.3 is 6.18 Å². The van der Waals surface area contributed by atoms with Crippen LogP contribution in [0.15, 0.2) is 66.7 Å². The number of rotatable bonds is 3. The number of anilines is 2. The van der Waals surface area contributed by atoms with Crippen LogP contribution in [0.25, 0.3) is 0 Å². The molecule has 1 aliphatic heterocycles. The van der Waals surface area contributed by atoms with Gasteiger partial charge in [-0.25, -0.2) is 0 Å². The number of fused-ring (bicyclic) bond motifs is 1. The molecule has 166 valence electrons. The maximum atomic E-state index is 13.8. The fourth-order valence-electron chi connectivity index (χ4n) is 4.15.